The maximum Gasteiger partial charge on any atom is 0.0353 e. The van der Waals surface area contributed by atoms with Crippen molar-refractivity contribution in [3.63, 3.8) is 0 Å². The maximum absolute atomic E-state index is 6.29. The molecule has 0 saturated carbocycles. The van der Waals surface area contributed by atoms with Crippen molar-refractivity contribution in [1.29, 1.82) is 0 Å². The standard InChI is InChI=1S/C22H33N/c1-3-5-7-9-12-18-13-11-15-20-19(18)16-17-22(23)21(20)14-10-8-6-4-2/h11,13,15-17H,3-10,12,14,23H2,1-2H3. The Morgan fingerprint density at radius 2 is 1.39 bits per heavy atom. The van der Waals surface area contributed by atoms with Crippen LogP contribution in [0.25, 0.3) is 10.8 Å². The SMILES string of the molecule is CCCCCCc1cccc2c(CCCCCC)c(N)ccc12. The number of fused-ring (bicyclic) bond motifs is 1. The van der Waals surface area contributed by atoms with Crippen LogP contribution in [0.2, 0.25) is 0 Å². The summed E-state index contributed by atoms with van der Waals surface area (Å²) in [5.74, 6) is 0. The Kier molecular flexibility index (Phi) is 7.45. The van der Waals surface area contributed by atoms with Crippen molar-refractivity contribution in [1.82, 2.24) is 0 Å². The highest BCUT2D eigenvalue weighted by Gasteiger charge is 2.08. The molecule has 0 atom stereocenters. The van der Waals surface area contributed by atoms with E-state index in [4.69, 9.17) is 5.73 Å². The first-order valence-corrected chi connectivity index (χ1v) is 9.56. The van der Waals surface area contributed by atoms with Crippen molar-refractivity contribution in [3.05, 3.63) is 41.5 Å². The summed E-state index contributed by atoms with van der Waals surface area (Å²) in [5.41, 5.74) is 10.1. The topological polar surface area (TPSA) is 26.0 Å². The fraction of sp³-hybridized carbons (Fsp3) is 0.545. The van der Waals surface area contributed by atoms with Gasteiger partial charge in [0, 0.05) is 5.69 Å². The zero-order valence-electron chi connectivity index (χ0n) is 15.0. The second-order valence-electron chi connectivity index (χ2n) is 6.77. The first-order valence-electron chi connectivity index (χ1n) is 9.56. The fourth-order valence-corrected chi connectivity index (χ4v) is 3.47. The van der Waals surface area contributed by atoms with Gasteiger partial charge < -0.3 is 5.73 Å². The van der Waals surface area contributed by atoms with Crippen molar-refractivity contribution < 1.29 is 0 Å². The molecule has 126 valence electrons. The molecular formula is C22H33N. The number of hydrogen-bond acceptors (Lipinski definition) is 1. The van der Waals surface area contributed by atoms with E-state index in [1.54, 1.807) is 0 Å². The van der Waals surface area contributed by atoms with E-state index in [9.17, 15) is 0 Å². The third kappa shape index (κ3) is 4.99. The minimum absolute atomic E-state index is 0.970. The minimum Gasteiger partial charge on any atom is -0.398 e. The van der Waals surface area contributed by atoms with Crippen LogP contribution in [0.1, 0.15) is 76.3 Å². The first kappa shape index (κ1) is 17.8. The summed E-state index contributed by atoms with van der Waals surface area (Å²) < 4.78 is 0. The number of rotatable bonds is 10. The molecule has 0 radical (unpaired) electrons. The summed E-state index contributed by atoms with van der Waals surface area (Å²) in [6.07, 6.45) is 12.8. The number of unbranched alkanes of at least 4 members (excludes halogenated alkanes) is 6. The Morgan fingerprint density at radius 3 is 2.09 bits per heavy atom. The molecule has 0 aromatic heterocycles. The molecule has 2 aromatic rings. The van der Waals surface area contributed by atoms with Gasteiger partial charge >= 0.3 is 0 Å². The van der Waals surface area contributed by atoms with E-state index in [1.807, 2.05) is 0 Å². The third-order valence-electron chi connectivity index (χ3n) is 4.88. The predicted molar refractivity (Wildman–Crippen MR) is 104 cm³/mol. The number of anilines is 1. The number of hydrogen-bond donors (Lipinski definition) is 1. The maximum atomic E-state index is 6.29. The van der Waals surface area contributed by atoms with E-state index in [1.165, 1.54) is 79.7 Å². The van der Waals surface area contributed by atoms with Gasteiger partial charge in [0.2, 0.25) is 0 Å². The Bertz CT molecular complexity index is 600. The number of nitrogen functional groups attached to an aromatic ring is 1. The van der Waals surface area contributed by atoms with Crippen molar-refractivity contribution in [3.8, 4) is 0 Å². The average Bonchev–Trinajstić information content (AvgIpc) is 2.57. The van der Waals surface area contributed by atoms with Crippen molar-refractivity contribution in [2.75, 3.05) is 5.73 Å². The molecule has 0 aliphatic heterocycles. The van der Waals surface area contributed by atoms with Gasteiger partial charge in [-0.3, -0.25) is 0 Å². The molecule has 1 heteroatoms. The van der Waals surface area contributed by atoms with Gasteiger partial charge in [-0.25, -0.2) is 0 Å². The molecular weight excluding hydrogens is 278 g/mol. The number of benzene rings is 2. The van der Waals surface area contributed by atoms with Crippen LogP contribution in [-0.2, 0) is 12.8 Å². The normalized spacial score (nSPS) is 11.2. The van der Waals surface area contributed by atoms with Crippen LogP contribution in [-0.4, -0.2) is 0 Å². The van der Waals surface area contributed by atoms with E-state index in [-0.39, 0.29) is 0 Å². The van der Waals surface area contributed by atoms with Crippen molar-refractivity contribution >= 4 is 16.5 Å². The van der Waals surface area contributed by atoms with E-state index >= 15 is 0 Å². The summed E-state index contributed by atoms with van der Waals surface area (Å²) in [6, 6.07) is 11.1. The van der Waals surface area contributed by atoms with Gasteiger partial charge in [0.15, 0.2) is 0 Å². The van der Waals surface area contributed by atoms with Gasteiger partial charge in [-0.2, -0.15) is 0 Å². The minimum atomic E-state index is 0.970. The average molecular weight is 312 g/mol. The summed E-state index contributed by atoms with van der Waals surface area (Å²) in [7, 11) is 0. The zero-order valence-corrected chi connectivity index (χ0v) is 15.0. The lowest BCUT2D eigenvalue weighted by Gasteiger charge is -2.13. The quantitative estimate of drug-likeness (QED) is 0.385. The van der Waals surface area contributed by atoms with E-state index in [2.05, 4.69) is 44.2 Å². The van der Waals surface area contributed by atoms with Crippen LogP contribution in [0, 0.1) is 0 Å². The summed E-state index contributed by atoms with van der Waals surface area (Å²) in [6.45, 7) is 4.53. The lowest BCUT2D eigenvalue weighted by Crippen LogP contribution is -1.98. The summed E-state index contributed by atoms with van der Waals surface area (Å²) in [5, 5.41) is 2.80. The second-order valence-corrected chi connectivity index (χ2v) is 6.77. The fourth-order valence-electron chi connectivity index (χ4n) is 3.47. The highest BCUT2D eigenvalue weighted by molar-refractivity contribution is 5.92. The Balaban J connectivity index is 2.17. The first-order chi connectivity index (χ1) is 11.3. The van der Waals surface area contributed by atoms with Crippen molar-refractivity contribution in [2.45, 2.75) is 78.1 Å². The lowest BCUT2D eigenvalue weighted by atomic mass is 9.93. The zero-order chi connectivity index (χ0) is 16.5. The highest BCUT2D eigenvalue weighted by atomic mass is 14.6. The molecule has 0 bridgehead atoms. The molecule has 0 aliphatic rings. The van der Waals surface area contributed by atoms with Crippen LogP contribution in [0.4, 0.5) is 5.69 Å². The smallest absolute Gasteiger partial charge is 0.0353 e. The lowest BCUT2D eigenvalue weighted by molar-refractivity contribution is 0.667. The second kappa shape index (κ2) is 9.60. The molecule has 0 fully saturated rings. The van der Waals surface area contributed by atoms with Gasteiger partial charge in [-0.1, -0.05) is 76.6 Å². The van der Waals surface area contributed by atoms with Crippen LogP contribution in [0.5, 0.6) is 0 Å². The molecule has 0 aliphatic carbocycles. The van der Waals surface area contributed by atoms with E-state index in [0.717, 1.165) is 12.1 Å². The molecule has 0 heterocycles. The summed E-state index contributed by atoms with van der Waals surface area (Å²) >= 11 is 0. The molecule has 0 saturated heterocycles. The largest absolute Gasteiger partial charge is 0.398 e. The number of nitrogens with two attached hydrogens (primary N) is 1. The molecule has 2 N–H and O–H groups in total. The van der Waals surface area contributed by atoms with Gasteiger partial charge in [0.25, 0.3) is 0 Å². The molecule has 0 unspecified atom stereocenters. The van der Waals surface area contributed by atoms with Gasteiger partial charge in [0.05, 0.1) is 0 Å². The molecule has 23 heavy (non-hydrogen) atoms. The van der Waals surface area contributed by atoms with Crippen molar-refractivity contribution in [2.24, 2.45) is 0 Å². The Morgan fingerprint density at radius 1 is 0.696 bits per heavy atom. The van der Waals surface area contributed by atoms with Crippen LogP contribution in [0.15, 0.2) is 30.3 Å². The Hall–Kier alpha value is -1.50. The predicted octanol–water partition coefficient (Wildman–Crippen LogP) is 6.67. The van der Waals surface area contributed by atoms with Crippen LogP contribution in [0.3, 0.4) is 0 Å². The highest BCUT2D eigenvalue weighted by Crippen LogP contribution is 2.29. The Labute approximate surface area is 142 Å². The third-order valence-corrected chi connectivity index (χ3v) is 4.88. The monoisotopic (exact) mass is 311 g/mol. The molecule has 2 rings (SSSR count). The van der Waals surface area contributed by atoms with Crippen LogP contribution >= 0.6 is 0 Å². The van der Waals surface area contributed by atoms with Gasteiger partial charge in [0.1, 0.15) is 0 Å². The number of aryl methyl sites for hydroxylation is 2. The van der Waals surface area contributed by atoms with E-state index in [0.29, 0.717) is 0 Å². The molecule has 1 nitrogen and oxygen atoms in total. The molecule has 0 amide bonds. The van der Waals surface area contributed by atoms with E-state index < -0.39 is 0 Å². The summed E-state index contributed by atoms with van der Waals surface area (Å²) in [4.78, 5) is 0. The van der Waals surface area contributed by atoms with Gasteiger partial charge in [-0.05, 0) is 53.6 Å². The molecule has 2 aromatic carbocycles. The molecule has 0 spiro atoms. The van der Waals surface area contributed by atoms with Gasteiger partial charge in [-0.15, -0.1) is 0 Å². The van der Waals surface area contributed by atoms with Crippen LogP contribution < -0.4 is 5.73 Å².